The summed E-state index contributed by atoms with van der Waals surface area (Å²) in [5.74, 6) is 1.11. The molecule has 0 radical (unpaired) electrons. The largest absolute Gasteiger partial charge is 0.465 e. The molecule has 112 valence electrons. The summed E-state index contributed by atoms with van der Waals surface area (Å²) in [5, 5.41) is 3.41. The predicted octanol–water partition coefficient (Wildman–Crippen LogP) is 2.37. The number of carbonyl (C=O) groups excluding carboxylic acids is 1. The van der Waals surface area contributed by atoms with Crippen molar-refractivity contribution in [3.63, 3.8) is 0 Å². The highest BCUT2D eigenvalue weighted by Crippen LogP contribution is 2.37. The Kier molecular flexibility index (Phi) is 6.80. The van der Waals surface area contributed by atoms with Gasteiger partial charge in [0, 0.05) is 13.7 Å². The zero-order valence-corrected chi connectivity index (χ0v) is 12.8. The van der Waals surface area contributed by atoms with E-state index in [4.69, 9.17) is 9.47 Å². The number of rotatable bonds is 7. The molecule has 0 saturated heterocycles. The Morgan fingerprint density at radius 2 is 2.21 bits per heavy atom. The van der Waals surface area contributed by atoms with E-state index in [0.29, 0.717) is 31.6 Å². The van der Waals surface area contributed by atoms with Gasteiger partial charge in [-0.3, -0.25) is 10.1 Å². The highest BCUT2D eigenvalue weighted by Gasteiger charge is 2.44. The van der Waals surface area contributed by atoms with Crippen LogP contribution in [0.3, 0.4) is 0 Å². The van der Waals surface area contributed by atoms with Crippen molar-refractivity contribution in [1.82, 2.24) is 5.32 Å². The van der Waals surface area contributed by atoms with Gasteiger partial charge in [0.05, 0.1) is 13.2 Å². The summed E-state index contributed by atoms with van der Waals surface area (Å²) in [6, 6.07) is 0. The fraction of sp³-hybridized carbons (Fsp3) is 0.933. The highest BCUT2D eigenvalue weighted by atomic mass is 16.5. The average Bonchev–Trinajstić information content (AvgIpc) is 2.39. The van der Waals surface area contributed by atoms with E-state index in [9.17, 15) is 4.79 Å². The van der Waals surface area contributed by atoms with Crippen LogP contribution < -0.4 is 5.32 Å². The molecule has 1 saturated carbocycles. The van der Waals surface area contributed by atoms with Gasteiger partial charge in [0.25, 0.3) is 0 Å². The van der Waals surface area contributed by atoms with Crippen LogP contribution in [0.15, 0.2) is 0 Å². The SMILES string of the molecule is CCOC(=O)C1(NCCOC)CCCC(C(C)C)C1. The molecule has 1 N–H and O–H groups in total. The molecule has 2 unspecified atom stereocenters. The van der Waals surface area contributed by atoms with Crippen molar-refractivity contribution in [2.45, 2.75) is 52.0 Å². The Morgan fingerprint density at radius 1 is 1.47 bits per heavy atom. The molecule has 19 heavy (non-hydrogen) atoms. The number of hydrogen-bond acceptors (Lipinski definition) is 4. The predicted molar refractivity (Wildman–Crippen MR) is 76.0 cm³/mol. The van der Waals surface area contributed by atoms with Crippen LogP contribution in [-0.4, -0.2) is 38.4 Å². The Hall–Kier alpha value is -0.610. The van der Waals surface area contributed by atoms with Gasteiger partial charge in [-0.15, -0.1) is 0 Å². The van der Waals surface area contributed by atoms with Crippen LogP contribution in [-0.2, 0) is 14.3 Å². The van der Waals surface area contributed by atoms with E-state index in [0.717, 1.165) is 19.3 Å². The number of nitrogens with one attached hydrogen (secondary N) is 1. The second-order valence-corrected chi connectivity index (χ2v) is 5.82. The number of ether oxygens (including phenoxy) is 2. The van der Waals surface area contributed by atoms with Gasteiger partial charge >= 0.3 is 5.97 Å². The van der Waals surface area contributed by atoms with Crippen LogP contribution in [0.5, 0.6) is 0 Å². The summed E-state index contributed by atoms with van der Waals surface area (Å²) in [7, 11) is 1.68. The van der Waals surface area contributed by atoms with Crippen molar-refractivity contribution in [3.05, 3.63) is 0 Å². The zero-order valence-electron chi connectivity index (χ0n) is 12.8. The normalized spacial score (nSPS) is 27.5. The molecule has 0 aromatic heterocycles. The molecule has 4 heteroatoms. The molecule has 0 aliphatic heterocycles. The average molecular weight is 271 g/mol. The van der Waals surface area contributed by atoms with E-state index >= 15 is 0 Å². The maximum atomic E-state index is 12.4. The third-order valence-electron chi connectivity index (χ3n) is 4.17. The molecule has 1 fully saturated rings. The van der Waals surface area contributed by atoms with Crippen molar-refractivity contribution in [1.29, 1.82) is 0 Å². The van der Waals surface area contributed by atoms with E-state index in [1.807, 2.05) is 6.92 Å². The van der Waals surface area contributed by atoms with Gasteiger partial charge < -0.3 is 9.47 Å². The summed E-state index contributed by atoms with van der Waals surface area (Å²) in [4.78, 5) is 12.4. The summed E-state index contributed by atoms with van der Waals surface area (Å²) in [5.41, 5.74) is -0.498. The molecular weight excluding hydrogens is 242 g/mol. The molecule has 0 amide bonds. The topological polar surface area (TPSA) is 47.6 Å². The molecule has 0 aromatic rings. The maximum absolute atomic E-state index is 12.4. The lowest BCUT2D eigenvalue weighted by Gasteiger charge is -2.41. The first-order chi connectivity index (χ1) is 9.05. The fourth-order valence-electron chi connectivity index (χ4n) is 2.97. The van der Waals surface area contributed by atoms with Gasteiger partial charge in [0.2, 0.25) is 0 Å². The lowest BCUT2D eigenvalue weighted by molar-refractivity contribution is -0.154. The summed E-state index contributed by atoms with van der Waals surface area (Å²) < 4.78 is 10.4. The molecule has 4 nitrogen and oxygen atoms in total. The van der Waals surface area contributed by atoms with Crippen LogP contribution >= 0.6 is 0 Å². The number of esters is 1. The Balaban J connectivity index is 2.75. The van der Waals surface area contributed by atoms with Gasteiger partial charge in [-0.25, -0.2) is 0 Å². The van der Waals surface area contributed by atoms with E-state index < -0.39 is 5.54 Å². The van der Waals surface area contributed by atoms with Crippen LogP contribution in [0, 0.1) is 11.8 Å². The molecule has 0 spiro atoms. The minimum Gasteiger partial charge on any atom is -0.465 e. The first-order valence-electron chi connectivity index (χ1n) is 7.47. The van der Waals surface area contributed by atoms with E-state index in [1.165, 1.54) is 6.42 Å². The Labute approximate surface area is 117 Å². The third-order valence-corrected chi connectivity index (χ3v) is 4.17. The summed E-state index contributed by atoms with van der Waals surface area (Å²) >= 11 is 0. The monoisotopic (exact) mass is 271 g/mol. The number of methoxy groups -OCH3 is 1. The lowest BCUT2D eigenvalue weighted by Crippen LogP contribution is -2.56. The molecule has 2 atom stereocenters. The second-order valence-electron chi connectivity index (χ2n) is 5.82. The third kappa shape index (κ3) is 4.46. The van der Waals surface area contributed by atoms with Crippen LogP contribution in [0.4, 0.5) is 0 Å². The first-order valence-corrected chi connectivity index (χ1v) is 7.47. The maximum Gasteiger partial charge on any atom is 0.326 e. The number of hydrogen-bond donors (Lipinski definition) is 1. The van der Waals surface area contributed by atoms with Crippen molar-refractivity contribution in [2.24, 2.45) is 11.8 Å². The van der Waals surface area contributed by atoms with Crippen molar-refractivity contribution in [2.75, 3.05) is 26.9 Å². The quantitative estimate of drug-likeness (QED) is 0.570. The van der Waals surface area contributed by atoms with Crippen LogP contribution in [0.1, 0.15) is 46.5 Å². The molecule has 0 aromatic carbocycles. The van der Waals surface area contributed by atoms with Gasteiger partial charge in [0.1, 0.15) is 5.54 Å². The minimum atomic E-state index is -0.498. The Bertz CT molecular complexity index is 281. The van der Waals surface area contributed by atoms with Gasteiger partial charge in [-0.1, -0.05) is 26.7 Å². The summed E-state index contributed by atoms with van der Waals surface area (Å²) in [6.45, 7) is 8.10. The van der Waals surface area contributed by atoms with Gasteiger partial charge in [-0.2, -0.15) is 0 Å². The van der Waals surface area contributed by atoms with E-state index in [2.05, 4.69) is 19.2 Å². The van der Waals surface area contributed by atoms with Crippen LogP contribution in [0.25, 0.3) is 0 Å². The molecule has 1 aliphatic carbocycles. The standard InChI is InChI=1S/C15H29NO3/c1-5-19-14(17)15(16-9-10-18-4)8-6-7-13(11-15)12(2)3/h12-13,16H,5-11H2,1-4H3. The second kappa shape index (κ2) is 7.85. The van der Waals surface area contributed by atoms with Crippen molar-refractivity contribution < 1.29 is 14.3 Å². The smallest absolute Gasteiger partial charge is 0.326 e. The highest BCUT2D eigenvalue weighted by molar-refractivity contribution is 5.81. The van der Waals surface area contributed by atoms with Crippen molar-refractivity contribution >= 4 is 5.97 Å². The minimum absolute atomic E-state index is 0.0866. The van der Waals surface area contributed by atoms with Crippen molar-refractivity contribution in [3.8, 4) is 0 Å². The molecule has 1 aliphatic rings. The van der Waals surface area contributed by atoms with E-state index in [1.54, 1.807) is 7.11 Å². The fourth-order valence-corrected chi connectivity index (χ4v) is 2.97. The van der Waals surface area contributed by atoms with Gasteiger partial charge in [0.15, 0.2) is 0 Å². The lowest BCUT2D eigenvalue weighted by atomic mass is 9.71. The summed E-state index contributed by atoms with van der Waals surface area (Å²) in [6.07, 6.45) is 4.05. The van der Waals surface area contributed by atoms with E-state index in [-0.39, 0.29) is 5.97 Å². The van der Waals surface area contributed by atoms with Gasteiger partial charge in [-0.05, 0) is 31.6 Å². The molecule has 0 bridgehead atoms. The Morgan fingerprint density at radius 3 is 2.79 bits per heavy atom. The zero-order chi connectivity index (χ0) is 14.3. The first kappa shape index (κ1) is 16.4. The van der Waals surface area contributed by atoms with Crippen LogP contribution in [0.2, 0.25) is 0 Å². The number of carbonyl (C=O) groups is 1. The molecule has 1 rings (SSSR count). The molecular formula is C15H29NO3. The molecule has 0 heterocycles.